The average molecular weight is 211 g/mol. The molecule has 0 aliphatic heterocycles. The number of halogens is 1. The van der Waals surface area contributed by atoms with Gasteiger partial charge in [0.25, 0.3) is 0 Å². The van der Waals surface area contributed by atoms with E-state index in [4.69, 9.17) is 21.9 Å². The van der Waals surface area contributed by atoms with Gasteiger partial charge >= 0.3 is 6.01 Å². The van der Waals surface area contributed by atoms with Crippen LogP contribution >= 0.6 is 11.6 Å². The van der Waals surface area contributed by atoms with Gasteiger partial charge in [0.2, 0.25) is 5.89 Å². The maximum atomic E-state index is 5.81. The summed E-state index contributed by atoms with van der Waals surface area (Å²) in [6, 6.07) is 7.29. The van der Waals surface area contributed by atoms with Gasteiger partial charge in [-0.2, -0.15) is 0 Å². The lowest BCUT2D eigenvalue weighted by Crippen LogP contribution is -2.06. The van der Waals surface area contributed by atoms with Crippen LogP contribution in [-0.4, -0.2) is 10.2 Å². The van der Waals surface area contributed by atoms with Gasteiger partial charge in [-0.25, -0.2) is 5.84 Å². The summed E-state index contributed by atoms with van der Waals surface area (Å²) in [5.74, 6) is 5.47. The molecule has 0 atom stereocenters. The van der Waals surface area contributed by atoms with Gasteiger partial charge in [-0.3, -0.25) is 5.43 Å². The molecule has 72 valence electrons. The van der Waals surface area contributed by atoms with Crippen LogP contribution in [0.2, 0.25) is 5.02 Å². The summed E-state index contributed by atoms with van der Waals surface area (Å²) in [7, 11) is 0. The fourth-order valence-electron chi connectivity index (χ4n) is 1.02. The van der Waals surface area contributed by atoms with Crippen molar-refractivity contribution in [2.24, 2.45) is 5.84 Å². The summed E-state index contributed by atoms with van der Waals surface area (Å²) >= 11 is 5.81. The quantitative estimate of drug-likeness (QED) is 0.583. The highest BCUT2D eigenvalue weighted by Crippen LogP contribution is 2.22. The minimum Gasteiger partial charge on any atom is -0.402 e. The normalized spacial score (nSPS) is 10.1. The van der Waals surface area contributed by atoms with Crippen LogP contribution in [0.15, 0.2) is 28.7 Å². The summed E-state index contributed by atoms with van der Waals surface area (Å²) in [6.45, 7) is 0. The van der Waals surface area contributed by atoms with E-state index in [1.165, 1.54) is 0 Å². The second-order valence-corrected chi connectivity index (χ2v) is 3.00. The first-order chi connectivity index (χ1) is 6.79. The molecule has 3 N–H and O–H groups in total. The van der Waals surface area contributed by atoms with Gasteiger partial charge in [-0.15, -0.1) is 5.10 Å². The van der Waals surface area contributed by atoms with Crippen molar-refractivity contribution < 1.29 is 4.42 Å². The maximum Gasteiger partial charge on any atom is 0.330 e. The highest BCUT2D eigenvalue weighted by molar-refractivity contribution is 6.30. The van der Waals surface area contributed by atoms with Gasteiger partial charge in [0.15, 0.2) is 0 Å². The van der Waals surface area contributed by atoms with Crippen LogP contribution in [0.4, 0.5) is 6.01 Å². The van der Waals surface area contributed by atoms with Crippen LogP contribution in [0.3, 0.4) is 0 Å². The number of benzene rings is 1. The van der Waals surface area contributed by atoms with E-state index in [2.05, 4.69) is 15.6 Å². The molecule has 0 saturated heterocycles. The van der Waals surface area contributed by atoms with Crippen molar-refractivity contribution >= 4 is 17.6 Å². The Morgan fingerprint density at radius 2 is 2.21 bits per heavy atom. The Kier molecular flexibility index (Phi) is 2.34. The number of nitrogens with one attached hydrogen (secondary N) is 1. The van der Waals surface area contributed by atoms with Crippen molar-refractivity contribution in [2.75, 3.05) is 5.43 Å². The molecule has 2 aromatic rings. The molecule has 1 heterocycles. The zero-order valence-corrected chi connectivity index (χ0v) is 7.82. The van der Waals surface area contributed by atoms with Crippen LogP contribution in [0.5, 0.6) is 0 Å². The molecular formula is C8H7ClN4O. The zero-order chi connectivity index (χ0) is 9.97. The molecule has 2 rings (SSSR count). The van der Waals surface area contributed by atoms with Gasteiger partial charge in [-0.1, -0.05) is 22.8 Å². The van der Waals surface area contributed by atoms with Gasteiger partial charge < -0.3 is 4.42 Å². The Bertz CT molecular complexity index is 442. The van der Waals surface area contributed by atoms with Crippen LogP contribution in [0.1, 0.15) is 0 Å². The van der Waals surface area contributed by atoms with E-state index < -0.39 is 0 Å². The first-order valence-corrected chi connectivity index (χ1v) is 4.23. The lowest BCUT2D eigenvalue weighted by molar-refractivity contribution is 0.582. The highest BCUT2D eigenvalue weighted by atomic mass is 35.5. The van der Waals surface area contributed by atoms with Gasteiger partial charge in [-0.05, 0) is 18.2 Å². The minimum absolute atomic E-state index is 0.167. The number of rotatable bonds is 2. The molecule has 5 nitrogen and oxygen atoms in total. The number of hydrazine groups is 1. The Balaban J connectivity index is 2.39. The van der Waals surface area contributed by atoms with Gasteiger partial charge in [0.1, 0.15) is 0 Å². The SMILES string of the molecule is NNc1nnc(-c2cccc(Cl)c2)o1. The third-order valence-electron chi connectivity index (χ3n) is 1.62. The Morgan fingerprint density at radius 3 is 2.86 bits per heavy atom. The number of nitrogens with zero attached hydrogens (tertiary/aromatic N) is 2. The van der Waals surface area contributed by atoms with Crippen molar-refractivity contribution in [3.63, 3.8) is 0 Å². The van der Waals surface area contributed by atoms with Crippen LogP contribution in [0, 0.1) is 0 Å². The van der Waals surface area contributed by atoms with E-state index in [0.717, 1.165) is 5.56 Å². The van der Waals surface area contributed by atoms with E-state index in [-0.39, 0.29) is 6.01 Å². The third-order valence-corrected chi connectivity index (χ3v) is 1.86. The standard InChI is InChI=1S/C8H7ClN4O/c9-6-3-1-2-5(4-6)7-12-13-8(11-10)14-7/h1-4H,10H2,(H,11,13). The fraction of sp³-hybridized carbons (Fsp3) is 0. The molecule has 0 amide bonds. The highest BCUT2D eigenvalue weighted by Gasteiger charge is 2.06. The summed E-state index contributed by atoms with van der Waals surface area (Å²) in [5.41, 5.74) is 3.01. The second kappa shape index (κ2) is 3.65. The van der Waals surface area contributed by atoms with Gasteiger partial charge in [0, 0.05) is 10.6 Å². The van der Waals surface area contributed by atoms with Crippen molar-refractivity contribution in [3.8, 4) is 11.5 Å². The minimum atomic E-state index is 0.167. The fourth-order valence-corrected chi connectivity index (χ4v) is 1.21. The van der Waals surface area contributed by atoms with Crippen LogP contribution in [-0.2, 0) is 0 Å². The molecule has 6 heteroatoms. The van der Waals surface area contributed by atoms with Crippen LogP contribution in [0.25, 0.3) is 11.5 Å². The molecule has 0 saturated carbocycles. The summed E-state index contributed by atoms with van der Waals surface area (Å²) in [6.07, 6.45) is 0. The smallest absolute Gasteiger partial charge is 0.330 e. The van der Waals surface area contributed by atoms with E-state index >= 15 is 0 Å². The second-order valence-electron chi connectivity index (χ2n) is 2.57. The summed E-state index contributed by atoms with van der Waals surface area (Å²) in [5, 5.41) is 8.04. The molecule has 0 unspecified atom stereocenters. The summed E-state index contributed by atoms with van der Waals surface area (Å²) in [4.78, 5) is 0. The molecule has 0 radical (unpaired) electrons. The molecule has 0 aliphatic rings. The largest absolute Gasteiger partial charge is 0.402 e. The van der Waals surface area contributed by atoms with Crippen molar-refractivity contribution in [3.05, 3.63) is 29.3 Å². The summed E-state index contributed by atoms with van der Waals surface area (Å²) < 4.78 is 5.16. The predicted molar refractivity (Wildman–Crippen MR) is 52.6 cm³/mol. The maximum absolute atomic E-state index is 5.81. The number of anilines is 1. The molecule has 0 aliphatic carbocycles. The predicted octanol–water partition coefficient (Wildman–Crippen LogP) is 1.68. The lowest BCUT2D eigenvalue weighted by Gasteiger charge is -1.94. The first kappa shape index (κ1) is 8.98. The average Bonchev–Trinajstić information content (AvgIpc) is 2.66. The number of hydrogen-bond acceptors (Lipinski definition) is 5. The van der Waals surface area contributed by atoms with E-state index in [0.29, 0.717) is 10.9 Å². The van der Waals surface area contributed by atoms with E-state index in [1.54, 1.807) is 18.2 Å². The van der Waals surface area contributed by atoms with Crippen LogP contribution < -0.4 is 11.3 Å². The molecule has 1 aromatic heterocycles. The Labute approximate surface area is 84.9 Å². The van der Waals surface area contributed by atoms with Crippen molar-refractivity contribution in [1.29, 1.82) is 0 Å². The molecular weight excluding hydrogens is 204 g/mol. The zero-order valence-electron chi connectivity index (χ0n) is 7.07. The molecule has 0 fully saturated rings. The van der Waals surface area contributed by atoms with Crippen molar-refractivity contribution in [2.45, 2.75) is 0 Å². The van der Waals surface area contributed by atoms with E-state index in [1.807, 2.05) is 6.07 Å². The number of nitrogens with two attached hydrogens (primary N) is 1. The topological polar surface area (TPSA) is 77.0 Å². The van der Waals surface area contributed by atoms with E-state index in [9.17, 15) is 0 Å². The Morgan fingerprint density at radius 1 is 1.36 bits per heavy atom. The monoisotopic (exact) mass is 210 g/mol. The first-order valence-electron chi connectivity index (χ1n) is 3.85. The Hall–Kier alpha value is -1.59. The third kappa shape index (κ3) is 1.68. The molecule has 1 aromatic carbocycles. The lowest BCUT2D eigenvalue weighted by atomic mass is 10.2. The molecule has 14 heavy (non-hydrogen) atoms. The van der Waals surface area contributed by atoms with Crippen molar-refractivity contribution in [1.82, 2.24) is 10.2 Å². The molecule has 0 spiro atoms. The molecule has 0 bridgehead atoms. The number of nitrogen functional groups attached to an aromatic ring is 1. The number of hydrogen-bond donors (Lipinski definition) is 2. The van der Waals surface area contributed by atoms with Gasteiger partial charge in [0.05, 0.1) is 0 Å². The number of aromatic nitrogens is 2.